The van der Waals surface area contributed by atoms with E-state index in [9.17, 15) is 9.59 Å². The number of anilines is 2. The van der Waals surface area contributed by atoms with Gasteiger partial charge in [-0.3, -0.25) is 9.59 Å². The van der Waals surface area contributed by atoms with E-state index in [-0.39, 0.29) is 17.9 Å². The molecule has 4 aromatic carbocycles. The third-order valence-corrected chi connectivity index (χ3v) is 6.88. The average molecular weight is 478 g/mol. The Kier molecular flexibility index (Phi) is 6.99. The normalized spacial score (nSPS) is 14.3. The van der Waals surface area contributed by atoms with Crippen LogP contribution in [0.25, 0.3) is 10.8 Å². The van der Waals surface area contributed by atoms with Crippen molar-refractivity contribution in [1.82, 2.24) is 5.32 Å². The fraction of sp³-hybridized carbons (Fsp3) is 0.226. The molecule has 5 heteroatoms. The minimum atomic E-state index is -0.193. The van der Waals surface area contributed by atoms with E-state index in [1.165, 1.54) is 6.42 Å². The molecule has 5 nitrogen and oxygen atoms in total. The monoisotopic (exact) mass is 477 g/mol. The molecule has 1 saturated heterocycles. The quantitative estimate of drug-likeness (QED) is 0.330. The van der Waals surface area contributed by atoms with E-state index in [1.54, 1.807) is 6.07 Å². The van der Waals surface area contributed by atoms with Gasteiger partial charge in [0.15, 0.2) is 0 Å². The van der Waals surface area contributed by atoms with Crippen molar-refractivity contribution in [2.24, 2.45) is 0 Å². The zero-order valence-electron chi connectivity index (χ0n) is 20.5. The van der Waals surface area contributed by atoms with E-state index in [0.29, 0.717) is 16.8 Å². The largest absolute Gasteiger partial charge is 0.371 e. The van der Waals surface area contributed by atoms with E-state index < -0.39 is 0 Å². The van der Waals surface area contributed by atoms with Crippen LogP contribution in [-0.2, 0) is 0 Å². The summed E-state index contributed by atoms with van der Waals surface area (Å²) >= 11 is 0. The van der Waals surface area contributed by atoms with Gasteiger partial charge in [0.25, 0.3) is 11.8 Å². The minimum absolute atomic E-state index is 0.137. The van der Waals surface area contributed by atoms with E-state index in [1.807, 2.05) is 91.9 Å². The van der Waals surface area contributed by atoms with Crippen LogP contribution in [0.1, 0.15) is 58.5 Å². The van der Waals surface area contributed by atoms with Gasteiger partial charge >= 0.3 is 0 Å². The van der Waals surface area contributed by atoms with Crippen LogP contribution in [0.4, 0.5) is 11.4 Å². The van der Waals surface area contributed by atoms with Crippen molar-refractivity contribution in [1.29, 1.82) is 0 Å². The zero-order valence-corrected chi connectivity index (χ0v) is 20.5. The SMILES string of the molecule is CC(NC(=O)c1cc(NC(=O)c2cccc3ccccc23)ccc1N1CCCCC1)c1ccccc1. The molecule has 0 aromatic heterocycles. The highest BCUT2D eigenvalue weighted by atomic mass is 16.2. The number of carbonyl (C=O) groups is 2. The van der Waals surface area contributed by atoms with Crippen LogP contribution in [-0.4, -0.2) is 24.9 Å². The van der Waals surface area contributed by atoms with Crippen LogP contribution in [0.2, 0.25) is 0 Å². The summed E-state index contributed by atoms with van der Waals surface area (Å²) in [6.07, 6.45) is 3.43. The number of nitrogens with zero attached hydrogens (tertiary/aromatic N) is 1. The van der Waals surface area contributed by atoms with Crippen molar-refractivity contribution in [2.75, 3.05) is 23.3 Å². The molecule has 2 amide bonds. The van der Waals surface area contributed by atoms with Crippen LogP contribution >= 0.6 is 0 Å². The number of piperidine rings is 1. The number of rotatable bonds is 6. The van der Waals surface area contributed by atoms with Gasteiger partial charge in [0.1, 0.15) is 0 Å². The van der Waals surface area contributed by atoms with Crippen LogP contribution in [0.15, 0.2) is 91.0 Å². The Labute approximate surface area is 212 Å². The Hall–Kier alpha value is -4.12. The Morgan fingerprint density at radius 3 is 2.28 bits per heavy atom. The minimum Gasteiger partial charge on any atom is -0.371 e. The molecule has 1 atom stereocenters. The maximum Gasteiger partial charge on any atom is 0.256 e. The molecule has 0 bridgehead atoms. The van der Waals surface area contributed by atoms with Gasteiger partial charge in [0.2, 0.25) is 0 Å². The average Bonchev–Trinajstić information content (AvgIpc) is 2.93. The second kappa shape index (κ2) is 10.6. The number of nitrogens with one attached hydrogen (secondary N) is 2. The molecule has 1 fully saturated rings. The van der Waals surface area contributed by atoms with Gasteiger partial charge < -0.3 is 15.5 Å². The summed E-state index contributed by atoms with van der Waals surface area (Å²) in [5.41, 5.74) is 3.75. The fourth-order valence-corrected chi connectivity index (χ4v) is 4.93. The van der Waals surface area contributed by atoms with Gasteiger partial charge in [0.05, 0.1) is 11.6 Å². The molecule has 1 aliphatic rings. The Balaban J connectivity index is 1.44. The molecule has 1 heterocycles. The molecule has 0 saturated carbocycles. The number of amides is 2. The van der Waals surface area contributed by atoms with Crippen LogP contribution < -0.4 is 15.5 Å². The first-order chi connectivity index (χ1) is 17.6. The summed E-state index contributed by atoms with van der Waals surface area (Å²) in [5, 5.41) is 8.09. The zero-order chi connectivity index (χ0) is 24.9. The first-order valence-corrected chi connectivity index (χ1v) is 12.6. The lowest BCUT2D eigenvalue weighted by molar-refractivity contribution is 0.0939. The third kappa shape index (κ3) is 5.10. The summed E-state index contributed by atoms with van der Waals surface area (Å²) in [4.78, 5) is 29.0. The molecule has 0 spiro atoms. The van der Waals surface area contributed by atoms with Crippen molar-refractivity contribution in [3.05, 3.63) is 108 Å². The van der Waals surface area contributed by atoms with E-state index >= 15 is 0 Å². The van der Waals surface area contributed by atoms with Crippen molar-refractivity contribution < 1.29 is 9.59 Å². The molecule has 36 heavy (non-hydrogen) atoms. The number of hydrogen-bond acceptors (Lipinski definition) is 3. The summed E-state index contributed by atoms with van der Waals surface area (Å²) in [7, 11) is 0. The Bertz CT molecular complexity index is 1370. The second-order valence-corrected chi connectivity index (χ2v) is 9.37. The van der Waals surface area contributed by atoms with Crippen molar-refractivity contribution >= 4 is 34.0 Å². The smallest absolute Gasteiger partial charge is 0.256 e. The Morgan fingerprint density at radius 2 is 1.47 bits per heavy atom. The maximum atomic E-state index is 13.5. The predicted molar refractivity (Wildman–Crippen MR) is 147 cm³/mol. The van der Waals surface area contributed by atoms with Crippen LogP contribution in [0.5, 0.6) is 0 Å². The molecule has 182 valence electrons. The van der Waals surface area contributed by atoms with Crippen molar-refractivity contribution in [2.45, 2.75) is 32.2 Å². The van der Waals surface area contributed by atoms with E-state index in [2.05, 4.69) is 15.5 Å². The van der Waals surface area contributed by atoms with Gasteiger partial charge in [-0.25, -0.2) is 0 Å². The molecule has 4 aromatic rings. The van der Waals surface area contributed by atoms with Crippen LogP contribution in [0, 0.1) is 0 Å². The fourth-order valence-electron chi connectivity index (χ4n) is 4.93. The first-order valence-electron chi connectivity index (χ1n) is 12.6. The van der Waals surface area contributed by atoms with E-state index in [4.69, 9.17) is 0 Å². The summed E-state index contributed by atoms with van der Waals surface area (Å²) in [5.74, 6) is -0.338. The number of benzene rings is 4. The second-order valence-electron chi connectivity index (χ2n) is 9.37. The number of carbonyl (C=O) groups excluding carboxylic acids is 2. The summed E-state index contributed by atoms with van der Waals surface area (Å²) < 4.78 is 0. The van der Waals surface area contributed by atoms with Gasteiger partial charge in [-0.15, -0.1) is 0 Å². The highest BCUT2D eigenvalue weighted by Crippen LogP contribution is 2.29. The molecule has 0 aliphatic carbocycles. The van der Waals surface area contributed by atoms with Gasteiger partial charge in [0, 0.05) is 30.0 Å². The molecule has 5 rings (SSSR count). The summed E-state index contributed by atoms with van der Waals surface area (Å²) in [6, 6.07) is 29.0. The molecule has 2 N–H and O–H groups in total. The Morgan fingerprint density at radius 1 is 0.750 bits per heavy atom. The van der Waals surface area contributed by atoms with Crippen molar-refractivity contribution in [3.63, 3.8) is 0 Å². The lowest BCUT2D eigenvalue weighted by Crippen LogP contribution is -2.33. The molecular weight excluding hydrogens is 446 g/mol. The van der Waals surface area contributed by atoms with E-state index in [0.717, 1.165) is 48.0 Å². The lowest BCUT2D eigenvalue weighted by atomic mass is 10.0. The molecular formula is C31H31N3O2. The third-order valence-electron chi connectivity index (χ3n) is 6.88. The highest BCUT2D eigenvalue weighted by molar-refractivity contribution is 6.13. The standard InChI is InChI=1S/C31H31N3O2/c1-22(23-11-4-2-5-12-23)32-31(36)28-21-25(17-18-29(28)34-19-8-3-9-20-34)33-30(35)27-16-10-14-24-13-6-7-15-26(24)27/h2,4-7,10-18,21-22H,3,8-9,19-20H2,1H3,(H,32,36)(H,33,35). The van der Waals surface area contributed by atoms with Crippen LogP contribution in [0.3, 0.4) is 0 Å². The van der Waals surface area contributed by atoms with Gasteiger partial charge in [-0.1, -0.05) is 66.7 Å². The number of fused-ring (bicyclic) bond motifs is 1. The van der Waals surface area contributed by atoms with Crippen molar-refractivity contribution in [3.8, 4) is 0 Å². The summed E-state index contributed by atoms with van der Waals surface area (Å²) in [6.45, 7) is 3.84. The molecule has 0 radical (unpaired) electrons. The molecule has 1 unspecified atom stereocenters. The molecule has 1 aliphatic heterocycles. The van der Waals surface area contributed by atoms with Gasteiger partial charge in [-0.05, 0) is 66.8 Å². The maximum absolute atomic E-state index is 13.5. The lowest BCUT2D eigenvalue weighted by Gasteiger charge is -2.31. The number of hydrogen-bond donors (Lipinski definition) is 2. The first kappa shape index (κ1) is 23.6. The topological polar surface area (TPSA) is 61.4 Å². The predicted octanol–water partition coefficient (Wildman–Crippen LogP) is 6.57. The van der Waals surface area contributed by atoms with Gasteiger partial charge in [-0.2, -0.15) is 0 Å². The highest BCUT2D eigenvalue weighted by Gasteiger charge is 2.21.